The van der Waals surface area contributed by atoms with Crippen LogP contribution in [0.15, 0.2) is 84.9 Å². The highest BCUT2D eigenvalue weighted by molar-refractivity contribution is 5.95. The molecular weight excluding hydrogens is 422 g/mol. The van der Waals surface area contributed by atoms with Crippen LogP contribution >= 0.6 is 0 Å². The Bertz CT molecular complexity index is 1350. The number of rotatable bonds is 6. The number of amides is 1. The van der Waals surface area contributed by atoms with Crippen molar-refractivity contribution in [3.63, 3.8) is 0 Å². The average molecular weight is 452 g/mol. The van der Waals surface area contributed by atoms with E-state index in [0.717, 1.165) is 22.7 Å². The SMILES string of the molecule is Cc1ccc(N2CC(CN[C@H](C)c3cccc4ccccc34)Oc3ccccc32)cc1C(N)=O. The second-order valence-electron chi connectivity index (χ2n) is 8.88. The van der Waals surface area contributed by atoms with Gasteiger partial charge < -0.3 is 20.7 Å². The number of hydrogen-bond acceptors (Lipinski definition) is 4. The molecule has 1 aliphatic heterocycles. The molecule has 172 valence electrons. The molecule has 5 nitrogen and oxygen atoms in total. The van der Waals surface area contributed by atoms with E-state index in [9.17, 15) is 4.79 Å². The Morgan fingerprint density at radius 2 is 1.82 bits per heavy atom. The van der Waals surface area contributed by atoms with Crippen molar-refractivity contribution in [2.75, 3.05) is 18.0 Å². The number of ether oxygens (including phenoxy) is 1. The summed E-state index contributed by atoms with van der Waals surface area (Å²) < 4.78 is 6.36. The second-order valence-corrected chi connectivity index (χ2v) is 8.88. The third-order valence-electron chi connectivity index (χ3n) is 6.58. The molecule has 0 radical (unpaired) electrons. The molecule has 4 aromatic rings. The van der Waals surface area contributed by atoms with Crippen LogP contribution in [0.4, 0.5) is 11.4 Å². The maximum absolute atomic E-state index is 11.9. The number of fused-ring (bicyclic) bond motifs is 2. The molecule has 0 fully saturated rings. The van der Waals surface area contributed by atoms with Gasteiger partial charge in [-0.15, -0.1) is 0 Å². The number of carbonyl (C=O) groups is 1. The molecule has 1 aliphatic rings. The number of aryl methyl sites for hydroxylation is 1. The molecule has 0 saturated carbocycles. The lowest BCUT2D eigenvalue weighted by Gasteiger charge is -2.37. The third-order valence-corrected chi connectivity index (χ3v) is 6.58. The highest BCUT2D eigenvalue weighted by atomic mass is 16.5. The van der Waals surface area contributed by atoms with Crippen LogP contribution in [0, 0.1) is 6.92 Å². The number of nitrogens with zero attached hydrogens (tertiary/aromatic N) is 1. The Hall–Kier alpha value is -3.83. The monoisotopic (exact) mass is 451 g/mol. The standard InChI is InChI=1S/C29H29N3O2/c1-19-14-15-22(16-26(19)29(30)33)32-18-23(34-28-13-6-5-12-27(28)32)17-31-20(2)24-11-7-9-21-8-3-4-10-25(21)24/h3-16,20,23,31H,17-18H2,1-2H3,(H2,30,33)/t20-,23?/m1/s1. The zero-order chi connectivity index (χ0) is 23.7. The lowest BCUT2D eigenvalue weighted by molar-refractivity contribution is 0.0999. The Labute approximate surface area is 200 Å². The van der Waals surface area contributed by atoms with Crippen molar-refractivity contribution >= 4 is 28.1 Å². The van der Waals surface area contributed by atoms with Crippen LogP contribution in [0.1, 0.15) is 34.5 Å². The van der Waals surface area contributed by atoms with E-state index in [0.29, 0.717) is 18.7 Å². The molecule has 1 unspecified atom stereocenters. The Balaban J connectivity index is 1.39. The van der Waals surface area contributed by atoms with Crippen LogP contribution < -0.4 is 20.7 Å². The molecule has 0 bridgehead atoms. The fourth-order valence-electron chi connectivity index (χ4n) is 4.74. The molecule has 0 aliphatic carbocycles. The lowest BCUT2D eigenvalue weighted by atomic mass is 9.99. The Kier molecular flexibility index (Phi) is 5.95. The quantitative estimate of drug-likeness (QED) is 0.406. The molecule has 3 N–H and O–H groups in total. The van der Waals surface area contributed by atoms with E-state index in [1.807, 2.05) is 49.4 Å². The highest BCUT2D eigenvalue weighted by Crippen LogP contribution is 2.38. The number of nitrogens with one attached hydrogen (secondary N) is 1. The van der Waals surface area contributed by atoms with Crippen molar-refractivity contribution in [2.24, 2.45) is 5.73 Å². The maximum atomic E-state index is 11.9. The molecule has 0 aromatic heterocycles. The van der Waals surface area contributed by atoms with Gasteiger partial charge in [-0.2, -0.15) is 0 Å². The summed E-state index contributed by atoms with van der Waals surface area (Å²) in [5, 5.41) is 6.18. The number of hydrogen-bond donors (Lipinski definition) is 2. The van der Waals surface area contributed by atoms with Crippen LogP contribution in [0.2, 0.25) is 0 Å². The Morgan fingerprint density at radius 3 is 2.68 bits per heavy atom. The maximum Gasteiger partial charge on any atom is 0.249 e. The first-order valence-corrected chi connectivity index (χ1v) is 11.7. The molecule has 1 heterocycles. The molecular formula is C29H29N3O2. The summed E-state index contributed by atoms with van der Waals surface area (Å²) in [4.78, 5) is 14.1. The van der Waals surface area contributed by atoms with E-state index in [4.69, 9.17) is 10.5 Å². The largest absolute Gasteiger partial charge is 0.485 e. The van der Waals surface area contributed by atoms with Crippen molar-refractivity contribution in [3.8, 4) is 5.75 Å². The predicted octanol–water partition coefficient (Wildman–Crippen LogP) is 5.50. The molecule has 2 atom stereocenters. The minimum Gasteiger partial charge on any atom is -0.485 e. The molecule has 34 heavy (non-hydrogen) atoms. The smallest absolute Gasteiger partial charge is 0.249 e. The van der Waals surface area contributed by atoms with Gasteiger partial charge in [0, 0.05) is 23.8 Å². The number of benzene rings is 4. The third kappa shape index (κ3) is 4.22. The lowest BCUT2D eigenvalue weighted by Crippen LogP contribution is -2.44. The number of nitrogens with two attached hydrogens (primary N) is 1. The van der Waals surface area contributed by atoms with E-state index in [1.54, 1.807) is 0 Å². The fraction of sp³-hybridized carbons (Fsp3) is 0.207. The minimum absolute atomic E-state index is 0.0642. The normalized spacial score (nSPS) is 16.1. The van der Waals surface area contributed by atoms with Crippen LogP contribution in [0.5, 0.6) is 5.75 Å². The van der Waals surface area contributed by atoms with Gasteiger partial charge in [0.25, 0.3) is 0 Å². The van der Waals surface area contributed by atoms with Gasteiger partial charge in [-0.3, -0.25) is 4.79 Å². The number of carbonyl (C=O) groups excluding carboxylic acids is 1. The summed E-state index contributed by atoms with van der Waals surface area (Å²) >= 11 is 0. The van der Waals surface area contributed by atoms with Crippen LogP contribution in [-0.4, -0.2) is 25.1 Å². The molecule has 5 rings (SSSR count). The fourth-order valence-corrected chi connectivity index (χ4v) is 4.74. The summed E-state index contributed by atoms with van der Waals surface area (Å²) in [5.41, 5.74) is 10.2. The number of anilines is 2. The van der Waals surface area contributed by atoms with Crippen molar-refractivity contribution in [2.45, 2.75) is 26.0 Å². The highest BCUT2D eigenvalue weighted by Gasteiger charge is 2.27. The molecule has 4 aromatic carbocycles. The molecule has 1 amide bonds. The topological polar surface area (TPSA) is 67.6 Å². The van der Waals surface area contributed by atoms with E-state index in [-0.39, 0.29) is 12.1 Å². The van der Waals surface area contributed by atoms with Crippen molar-refractivity contribution in [1.82, 2.24) is 5.32 Å². The van der Waals surface area contributed by atoms with Crippen LogP contribution in [-0.2, 0) is 0 Å². The summed E-state index contributed by atoms with van der Waals surface area (Å²) in [6.07, 6.45) is -0.0642. The van der Waals surface area contributed by atoms with Crippen molar-refractivity contribution in [1.29, 1.82) is 0 Å². The zero-order valence-corrected chi connectivity index (χ0v) is 19.5. The van der Waals surface area contributed by atoms with Gasteiger partial charge in [0.15, 0.2) is 0 Å². The summed E-state index contributed by atoms with van der Waals surface area (Å²) in [7, 11) is 0. The molecule has 0 saturated heterocycles. The van der Waals surface area contributed by atoms with E-state index < -0.39 is 5.91 Å². The Morgan fingerprint density at radius 1 is 1.06 bits per heavy atom. The summed E-state index contributed by atoms with van der Waals surface area (Å²) in [5.74, 6) is 0.419. The van der Waals surface area contributed by atoms with E-state index >= 15 is 0 Å². The number of para-hydroxylation sites is 2. The second kappa shape index (κ2) is 9.20. The van der Waals surface area contributed by atoms with Gasteiger partial charge in [0.05, 0.1) is 12.2 Å². The predicted molar refractivity (Wildman–Crippen MR) is 138 cm³/mol. The van der Waals surface area contributed by atoms with Gasteiger partial charge in [-0.1, -0.05) is 60.7 Å². The van der Waals surface area contributed by atoms with Gasteiger partial charge in [-0.25, -0.2) is 0 Å². The first kappa shape index (κ1) is 22.0. The first-order valence-electron chi connectivity index (χ1n) is 11.7. The average Bonchev–Trinajstić information content (AvgIpc) is 2.86. The van der Waals surface area contributed by atoms with E-state index in [1.165, 1.54) is 16.3 Å². The first-order chi connectivity index (χ1) is 16.5. The number of primary amides is 1. The minimum atomic E-state index is -0.414. The zero-order valence-electron chi connectivity index (χ0n) is 19.5. The molecule has 0 spiro atoms. The van der Waals surface area contributed by atoms with E-state index in [2.05, 4.69) is 59.6 Å². The van der Waals surface area contributed by atoms with Crippen molar-refractivity contribution in [3.05, 3.63) is 102 Å². The van der Waals surface area contributed by atoms with Gasteiger partial charge in [-0.05, 0) is 60.0 Å². The van der Waals surface area contributed by atoms with Crippen molar-refractivity contribution < 1.29 is 9.53 Å². The van der Waals surface area contributed by atoms with Crippen LogP contribution in [0.25, 0.3) is 10.8 Å². The van der Waals surface area contributed by atoms with Crippen LogP contribution in [0.3, 0.4) is 0 Å². The van der Waals surface area contributed by atoms with Gasteiger partial charge in [0.2, 0.25) is 5.91 Å². The summed E-state index contributed by atoms with van der Waals surface area (Å²) in [6.45, 7) is 5.44. The summed E-state index contributed by atoms with van der Waals surface area (Å²) in [6, 6.07) is 29.0. The van der Waals surface area contributed by atoms with Gasteiger partial charge in [0.1, 0.15) is 11.9 Å². The van der Waals surface area contributed by atoms with Gasteiger partial charge >= 0.3 is 0 Å². The molecule has 5 heteroatoms.